The van der Waals surface area contributed by atoms with Crippen molar-refractivity contribution in [1.82, 2.24) is 15.3 Å². The third-order valence-corrected chi connectivity index (χ3v) is 8.91. The zero-order valence-electron chi connectivity index (χ0n) is 20.1. The fourth-order valence-corrected chi connectivity index (χ4v) is 7.81. The summed E-state index contributed by atoms with van der Waals surface area (Å²) in [5, 5.41) is 13.9. The standard InChI is InChI=1S/C28H34N5OS/c34-26(17-28-14-19-11-20(15-28)13-21(12-19)16-28)33-24-4-1-3-23-22(24)5-6-25(32-23)30-8-2-7-29-18-27-31-9-10-35-27/h1,3-6,9-10,18-21,29H,2,7-8,11-17H2,(H,30,32)(H,33,34). The Morgan fingerprint density at radius 2 is 1.86 bits per heavy atom. The van der Waals surface area contributed by atoms with E-state index in [9.17, 15) is 4.79 Å². The van der Waals surface area contributed by atoms with Crippen molar-refractivity contribution < 1.29 is 4.79 Å². The minimum atomic E-state index is 0.170. The molecule has 4 aliphatic rings. The summed E-state index contributed by atoms with van der Waals surface area (Å²) in [6, 6.07) is 10.1. The van der Waals surface area contributed by atoms with E-state index in [0.717, 1.165) is 64.7 Å². The fourth-order valence-electron chi connectivity index (χ4n) is 7.28. The summed E-state index contributed by atoms with van der Waals surface area (Å²) < 4.78 is 0. The number of benzene rings is 1. The van der Waals surface area contributed by atoms with Crippen LogP contribution in [0.5, 0.6) is 0 Å². The molecular weight excluding hydrogens is 454 g/mol. The molecule has 35 heavy (non-hydrogen) atoms. The molecule has 1 radical (unpaired) electrons. The van der Waals surface area contributed by atoms with Gasteiger partial charge in [0, 0.05) is 29.9 Å². The van der Waals surface area contributed by atoms with Crippen molar-refractivity contribution in [1.29, 1.82) is 0 Å². The Labute approximate surface area is 211 Å². The second kappa shape index (κ2) is 9.86. The van der Waals surface area contributed by atoms with E-state index in [1.54, 1.807) is 11.3 Å². The van der Waals surface area contributed by atoms with Crippen LogP contribution in [-0.4, -0.2) is 29.0 Å². The summed E-state index contributed by atoms with van der Waals surface area (Å²) in [6.07, 6.45) is 11.5. The molecule has 0 atom stereocenters. The van der Waals surface area contributed by atoms with Crippen LogP contribution in [0.4, 0.5) is 11.5 Å². The molecule has 3 aromatic rings. The lowest BCUT2D eigenvalue weighted by atomic mass is 9.49. The average molecular weight is 489 g/mol. The maximum absolute atomic E-state index is 13.2. The number of hydrogen-bond acceptors (Lipinski definition) is 6. The van der Waals surface area contributed by atoms with Crippen LogP contribution in [0.3, 0.4) is 0 Å². The molecule has 183 valence electrons. The van der Waals surface area contributed by atoms with Gasteiger partial charge in [-0.3, -0.25) is 4.79 Å². The number of nitrogens with zero attached hydrogens (tertiary/aromatic N) is 2. The number of thiazole rings is 1. The molecule has 7 heteroatoms. The second-order valence-corrected chi connectivity index (χ2v) is 11.9. The van der Waals surface area contributed by atoms with E-state index in [-0.39, 0.29) is 11.3 Å². The number of carbonyl (C=O) groups excluding carboxylic acids is 1. The Bertz CT molecular complexity index is 1140. The molecule has 4 bridgehead atoms. The first-order chi connectivity index (χ1) is 17.1. The summed E-state index contributed by atoms with van der Waals surface area (Å²) in [6.45, 7) is 3.66. The summed E-state index contributed by atoms with van der Waals surface area (Å²) in [4.78, 5) is 22.2. The quantitative estimate of drug-likeness (QED) is 0.313. The number of anilines is 2. The molecule has 0 saturated heterocycles. The van der Waals surface area contributed by atoms with Gasteiger partial charge < -0.3 is 16.0 Å². The van der Waals surface area contributed by atoms with E-state index in [1.165, 1.54) is 38.5 Å². The van der Waals surface area contributed by atoms with E-state index in [1.807, 2.05) is 42.4 Å². The van der Waals surface area contributed by atoms with Crippen LogP contribution in [0.25, 0.3) is 10.9 Å². The predicted molar refractivity (Wildman–Crippen MR) is 142 cm³/mol. The van der Waals surface area contributed by atoms with Crippen LogP contribution in [0, 0.1) is 29.7 Å². The predicted octanol–water partition coefficient (Wildman–Crippen LogP) is 5.84. The maximum atomic E-state index is 13.2. The van der Waals surface area contributed by atoms with Crippen molar-refractivity contribution in [3.8, 4) is 0 Å². The smallest absolute Gasteiger partial charge is 0.224 e. The van der Waals surface area contributed by atoms with Gasteiger partial charge in [-0.15, -0.1) is 11.3 Å². The van der Waals surface area contributed by atoms with Gasteiger partial charge in [-0.2, -0.15) is 0 Å². The van der Waals surface area contributed by atoms with Gasteiger partial charge in [0.1, 0.15) is 10.8 Å². The molecule has 0 unspecified atom stereocenters. The van der Waals surface area contributed by atoms with E-state index in [2.05, 4.69) is 27.0 Å². The highest BCUT2D eigenvalue weighted by atomic mass is 32.1. The molecule has 3 N–H and O–H groups in total. The van der Waals surface area contributed by atoms with Gasteiger partial charge in [-0.05, 0) is 98.9 Å². The van der Waals surface area contributed by atoms with Crippen LogP contribution in [-0.2, 0) is 4.79 Å². The number of amides is 1. The molecule has 1 aromatic carbocycles. The normalized spacial score (nSPS) is 26.8. The third kappa shape index (κ3) is 5.21. The molecule has 2 heterocycles. The maximum Gasteiger partial charge on any atom is 0.224 e. The minimum Gasteiger partial charge on any atom is -0.370 e. The molecule has 4 saturated carbocycles. The average Bonchev–Trinajstić information content (AvgIpc) is 3.34. The van der Waals surface area contributed by atoms with Gasteiger partial charge in [0.05, 0.1) is 17.7 Å². The van der Waals surface area contributed by atoms with Gasteiger partial charge in [-0.1, -0.05) is 6.07 Å². The summed E-state index contributed by atoms with van der Waals surface area (Å²) in [7, 11) is 0. The second-order valence-electron chi connectivity index (χ2n) is 11.0. The van der Waals surface area contributed by atoms with Gasteiger partial charge >= 0.3 is 0 Å². The lowest BCUT2D eigenvalue weighted by Crippen LogP contribution is -2.47. The van der Waals surface area contributed by atoms with Crippen molar-refractivity contribution in [2.75, 3.05) is 23.7 Å². The highest BCUT2D eigenvalue weighted by molar-refractivity contribution is 7.09. The summed E-state index contributed by atoms with van der Waals surface area (Å²) in [5.41, 5.74) is 2.03. The SMILES string of the molecule is O=C(CC12CC3CC(CC(C3)C1)C2)Nc1cccc2nc(NCCCN[CH]c3nccs3)ccc12. The van der Waals surface area contributed by atoms with Gasteiger partial charge in [0.2, 0.25) is 5.91 Å². The Hall–Kier alpha value is -2.51. The first kappa shape index (κ1) is 22.9. The first-order valence-corrected chi connectivity index (χ1v) is 13.9. The molecule has 2 aromatic heterocycles. The Morgan fingerprint density at radius 3 is 2.60 bits per heavy atom. The number of carbonyl (C=O) groups is 1. The Kier molecular flexibility index (Phi) is 6.46. The number of pyridine rings is 1. The zero-order valence-corrected chi connectivity index (χ0v) is 20.9. The Morgan fingerprint density at radius 1 is 1.06 bits per heavy atom. The molecule has 0 spiro atoms. The van der Waals surface area contributed by atoms with E-state index < -0.39 is 0 Å². The molecular formula is C28H34N5OS. The van der Waals surface area contributed by atoms with Gasteiger partial charge in [-0.25, -0.2) is 9.97 Å². The van der Waals surface area contributed by atoms with Crippen LogP contribution in [0.1, 0.15) is 56.4 Å². The highest BCUT2D eigenvalue weighted by Crippen LogP contribution is 2.61. The lowest BCUT2D eigenvalue weighted by molar-refractivity contribution is -0.124. The third-order valence-electron chi connectivity index (χ3n) is 8.19. The van der Waals surface area contributed by atoms with E-state index in [4.69, 9.17) is 4.98 Å². The molecule has 6 nitrogen and oxygen atoms in total. The van der Waals surface area contributed by atoms with Gasteiger partial charge in [0.25, 0.3) is 0 Å². The van der Waals surface area contributed by atoms with Crippen molar-refractivity contribution in [2.45, 2.75) is 51.4 Å². The monoisotopic (exact) mass is 488 g/mol. The van der Waals surface area contributed by atoms with Crippen molar-refractivity contribution in [3.63, 3.8) is 0 Å². The minimum absolute atomic E-state index is 0.170. The highest BCUT2D eigenvalue weighted by Gasteiger charge is 2.51. The summed E-state index contributed by atoms with van der Waals surface area (Å²) >= 11 is 1.62. The van der Waals surface area contributed by atoms with Crippen LogP contribution < -0.4 is 16.0 Å². The molecule has 7 rings (SSSR count). The fraction of sp³-hybridized carbons (Fsp3) is 0.500. The molecule has 1 amide bonds. The number of hydrogen-bond donors (Lipinski definition) is 3. The number of rotatable bonds is 10. The number of nitrogens with one attached hydrogen (secondary N) is 3. The van der Waals surface area contributed by atoms with Crippen LogP contribution >= 0.6 is 11.3 Å². The van der Waals surface area contributed by atoms with Crippen LogP contribution in [0.2, 0.25) is 0 Å². The van der Waals surface area contributed by atoms with E-state index >= 15 is 0 Å². The van der Waals surface area contributed by atoms with Crippen molar-refractivity contribution in [2.24, 2.45) is 23.2 Å². The molecule has 4 aliphatic carbocycles. The largest absolute Gasteiger partial charge is 0.370 e. The van der Waals surface area contributed by atoms with Crippen molar-refractivity contribution in [3.05, 3.63) is 53.5 Å². The first-order valence-electron chi connectivity index (χ1n) is 13.0. The van der Waals surface area contributed by atoms with Gasteiger partial charge in [0.15, 0.2) is 0 Å². The van der Waals surface area contributed by atoms with E-state index in [0.29, 0.717) is 6.42 Å². The molecule has 4 fully saturated rings. The Balaban J connectivity index is 1.03. The summed E-state index contributed by atoms with van der Waals surface area (Å²) in [5.74, 6) is 3.64. The lowest BCUT2D eigenvalue weighted by Gasteiger charge is -2.56. The number of aromatic nitrogens is 2. The van der Waals surface area contributed by atoms with Crippen LogP contribution in [0.15, 0.2) is 41.9 Å². The topological polar surface area (TPSA) is 78.9 Å². The van der Waals surface area contributed by atoms with Crippen molar-refractivity contribution >= 4 is 39.7 Å². The number of fused-ring (bicyclic) bond motifs is 1. The molecule has 0 aliphatic heterocycles. The zero-order chi connectivity index (χ0) is 23.7.